The van der Waals surface area contributed by atoms with E-state index in [1.165, 1.54) is 16.9 Å². The van der Waals surface area contributed by atoms with Crippen molar-refractivity contribution in [3.63, 3.8) is 0 Å². The molecular formula is C18H22N2O3S. The molecule has 128 valence electrons. The summed E-state index contributed by atoms with van der Waals surface area (Å²) in [6, 6.07) is 9.67. The van der Waals surface area contributed by atoms with Crippen molar-refractivity contribution in [3.8, 4) is 5.75 Å². The van der Waals surface area contributed by atoms with Gasteiger partial charge in [-0.2, -0.15) is 11.3 Å². The van der Waals surface area contributed by atoms with E-state index in [2.05, 4.69) is 10.6 Å². The Kier molecular flexibility index (Phi) is 6.81. The predicted molar refractivity (Wildman–Crippen MR) is 95.6 cm³/mol. The second-order valence-corrected chi connectivity index (χ2v) is 6.33. The number of benzene rings is 1. The zero-order valence-corrected chi connectivity index (χ0v) is 14.7. The maximum atomic E-state index is 11.9. The number of amides is 2. The number of ether oxygens (including phenoxy) is 1. The Labute approximate surface area is 146 Å². The summed E-state index contributed by atoms with van der Waals surface area (Å²) in [5.74, 6) is 0.430. The summed E-state index contributed by atoms with van der Waals surface area (Å²) < 4.78 is 5.13. The molecule has 2 amide bonds. The number of carbonyl (C=O) groups is 2. The molecule has 1 heterocycles. The van der Waals surface area contributed by atoms with Crippen LogP contribution in [0.25, 0.3) is 0 Å². The lowest BCUT2D eigenvalue weighted by Gasteiger charge is -2.14. The number of thiophene rings is 1. The van der Waals surface area contributed by atoms with Crippen molar-refractivity contribution in [2.24, 2.45) is 0 Å². The van der Waals surface area contributed by atoms with Crippen LogP contribution in [0.15, 0.2) is 41.1 Å². The van der Waals surface area contributed by atoms with Gasteiger partial charge in [-0.05, 0) is 48.9 Å². The molecule has 0 bridgehead atoms. The molecule has 0 aliphatic carbocycles. The number of methoxy groups -OCH3 is 1. The molecule has 6 heteroatoms. The van der Waals surface area contributed by atoms with Crippen molar-refractivity contribution in [1.29, 1.82) is 0 Å². The molecule has 1 unspecified atom stereocenters. The Bertz CT molecular complexity index is 653. The zero-order chi connectivity index (χ0) is 17.4. The number of hydrogen-bond donors (Lipinski definition) is 2. The highest BCUT2D eigenvalue weighted by molar-refractivity contribution is 7.08. The second kappa shape index (κ2) is 9.08. The fourth-order valence-electron chi connectivity index (χ4n) is 2.23. The molecule has 0 fully saturated rings. The lowest BCUT2D eigenvalue weighted by molar-refractivity contribution is -0.120. The minimum atomic E-state index is -0.225. The molecule has 1 atom stereocenters. The van der Waals surface area contributed by atoms with Crippen LogP contribution in [0, 0.1) is 0 Å². The standard InChI is InChI=1S/C18H22N2O3S/c1-13(3-4-14-5-7-16(23-2)8-6-14)20-17(21)11-19-18(22)15-9-10-24-12-15/h5-10,12-13H,3-4,11H2,1-2H3,(H,19,22)(H,20,21). The molecule has 0 radical (unpaired) electrons. The third-order valence-corrected chi connectivity index (χ3v) is 4.31. The Hall–Kier alpha value is -2.34. The first-order valence-electron chi connectivity index (χ1n) is 7.81. The van der Waals surface area contributed by atoms with Gasteiger partial charge in [-0.1, -0.05) is 12.1 Å². The number of hydrogen-bond acceptors (Lipinski definition) is 4. The average Bonchev–Trinajstić information content (AvgIpc) is 3.13. The Morgan fingerprint density at radius 3 is 2.58 bits per heavy atom. The third kappa shape index (κ3) is 5.70. The molecule has 0 saturated heterocycles. The van der Waals surface area contributed by atoms with Gasteiger partial charge in [0.2, 0.25) is 5.91 Å². The van der Waals surface area contributed by atoms with Crippen molar-refractivity contribution in [2.45, 2.75) is 25.8 Å². The van der Waals surface area contributed by atoms with Crippen LogP contribution in [-0.2, 0) is 11.2 Å². The molecule has 2 aromatic rings. The highest BCUT2D eigenvalue weighted by Gasteiger charge is 2.10. The van der Waals surface area contributed by atoms with Crippen LogP contribution in [-0.4, -0.2) is 31.5 Å². The maximum absolute atomic E-state index is 11.9. The third-order valence-electron chi connectivity index (χ3n) is 3.63. The van der Waals surface area contributed by atoms with E-state index in [0.717, 1.165) is 18.6 Å². The minimum Gasteiger partial charge on any atom is -0.497 e. The van der Waals surface area contributed by atoms with E-state index in [0.29, 0.717) is 5.56 Å². The summed E-state index contributed by atoms with van der Waals surface area (Å²) in [6.45, 7) is 1.95. The molecule has 24 heavy (non-hydrogen) atoms. The first kappa shape index (κ1) is 18.0. The van der Waals surface area contributed by atoms with E-state index in [1.807, 2.05) is 36.6 Å². The second-order valence-electron chi connectivity index (χ2n) is 5.55. The normalized spacial score (nSPS) is 11.6. The predicted octanol–water partition coefficient (Wildman–Crippen LogP) is 2.62. The van der Waals surface area contributed by atoms with Crippen molar-refractivity contribution < 1.29 is 14.3 Å². The van der Waals surface area contributed by atoms with E-state index in [1.54, 1.807) is 18.6 Å². The summed E-state index contributed by atoms with van der Waals surface area (Å²) in [5, 5.41) is 9.10. The summed E-state index contributed by atoms with van der Waals surface area (Å²) in [5.41, 5.74) is 1.78. The molecule has 1 aromatic carbocycles. The minimum absolute atomic E-state index is 0.0123. The monoisotopic (exact) mass is 346 g/mol. The smallest absolute Gasteiger partial charge is 0.252 e. The first-order valence-corrected chi connectivity index (χ1v) is 8.75. The number of nitrogens with one attached hydrogen (secondary N) is 2. The Balaban J connectivity index is 1.68. The number of carbonyl (C=O) groups excluding carboxylic acids is 2. The van der Waals surface area contributed by atoms with Crippen LogP contribution in [0.1, 0.15) is 29.3 Å². The SMILES string of the molecule is COc1ccc(CCC(C)NC(=O)CNC(=O)c2ccsc2)cc1. The largest absolute Gasteiger partial charge is 0.497 e. The molecule has 0 aliphatic heterocycles. The Morgan fingerprint density at radius 2 is 1.96 bits per heavy atom. The van der Waals surface area contributed by atoms with Crippen LogP contribution >= 0.6 is 11.3 Å². The molecule has 0 aliphatic rings. The molecule has 5 nitrogen and oxygen atoms in total. The van der Waals surface area contributed by atoms with E-state index in [9.17, 15) is 9.59 Å². The number of rotatable bonds is 8. The van der Waals surface area contributed by atoms with Crippen molar-refractivity contribution >= 4 is 23.2 Å². The Morgan fingerprint density at radius 1 is 1.21 bits per heavy atom. The van der Waals surface area contributed by atoms with Gasteiger partial charge < -0.3 is 15.4 Å². The van der Waals surface area contributed by atoms with Gasteiger partial charge in [0.15, 0.2) is 0 Å². The number of aryl methyl sites for hydroxylation is 1. The van der Waals surface area contributed by atoms with Crippen LogP contribution in [0.2, 0.25) is 0 Å². The van der Waals surface area contributed by atoms with E-state index in [-0.39, 0.29) is 24.4 Å². The van der Waals surface area contributed by atoms with Gasteiger partial charge in [-0.3, -0.25) is 9.59 Å². The topological polar surface area (TPSA) is 67.4 Å². The lowest BCUT2D eigenvalue weighted by atomic mass is 10.1. The quantitative estimate of drug-likeness (QED) is 0.772. The molecule has 0 saturated carbocycles. The van der Waals surface area contributed by atoms with Gasteiger partial charge >= 0.3 is 0 Å². The summed E-state index contributed by atoms with van der Waals surface area (Å²) in [7, 11) is 1.64. The first-order chi connectivity index (χ1) is 11.6. The van der Waals surface area contributed by atoms with Gasteiger partial charge in [0.1, 0.15) is 5.75 Å². The van der Waals surface area contributed by atoms with Crippen LogP contribution in [0.4, 0.5) is 0 Å². The van der Waals surface area contributed by atoms with E-state index in [4.69, 9.17) is 4.74 Å². The molecular weight excluding hydrogens is 324 g/mol. The lowest BCUT2D eigenvalue weighted by Crippen LogP contribution is -2.41. The van der Waals surface area contributed by atoms with Crippen LogP contribution in [0.3, 0.4) is 0 Å². The fourth-order valence-corrected chi connectivity index (χ4v) is 2.87. The van der Waals surface area contributed by atoms with Crippen molar-refractivity contribution in [1.82, 2.24) is 10.6 Å². The van der Waals surface area contributed by atoms with E-state index >= 15 is 0 Å². The van der Waals surface area contributed by atoms with Gasteiger partial charge in [0.25, 0.3) is 5.91 Å². The zero-order valence-electron chi connectivity index (χ0n) is 13.9. The average molecular weight is 346 g/mol. The van der Waals surface area contributed by atoms with Crippen molar-refractivity contribution in [3.05, 3.63) is 52.2 Å². The van der Waals surface area contributed by atoms with Gasteiger partial charge in [-0.25, -0.2) is 0 Å². The highest BCUT2D eigenvalue weighted by Crippen LogP contribution is 2.13. The fraction of sp³-hybridized carbons (Fsp3) is 0.333. The molecule has 0 spiro atoms. The van der Waals surface area contributed by atoms with Gasteiger partial charge in [0.05, 0.1) is 13.7 Å². The summed E-state index contributed by atoms with van der Waals surface area (Å²) in [4.78, 5) is 23.6. The maximum Gasteiger partial charge on any atom is 0.252 e. The van der Waals surface area contributed by atoms with Crippen LogP contribution < -0.4 is 15.4 Å². The van der Waals surface area contributed by atoms with Gasteiger partial charge in [0, 0.05) is 17.0 Å². The molecule has 2 N–H and O–H groups in total. The highest BCUT2D eigenvalue weighted by atomic mass is 32.1. The molecule has 1 aromatic heterocycles. The summed E-state index contributed by atoms with van der Waals surface area (Å²) >= 11 is 1.45. The van der Waals surface area contributed by atoms with Crippen molar-refractivity contribution in [2.75, 3.05) is 13.7 Å². The van der Waals surface area contributed by atoms with Crippen LogP contribution in [0.5, 0.6) is 5.75 Å². The molecule has 2 rings (SSSR count). The van der Waals surface area contributed by atoms with E-state index < -0.39 is 0 Å². The van der Waals surface area contributed by atoms with Gasteiger partial charge in [-0.15, -0.1) is 0 Å². The summed E-state index contributed by atoms with van der Waals surface area (Å²) in [6.07, 6.45) is 1.70.